The molecule has 1 N–H and O–H groups in total. The minimum atomic E-state index is -0.719. The zero-order chi connectivity index (χ0) is 50.8. The van der Waals surface area contributed by atoms with Crippen molar-refractivity contribution in [2.45, 2.75) is 116 Å². The van der Waals surface area contributed by atoms with Crippen LogP contribution in [0.25, 0.3) is 72.7 Å². The molecule has 1 fully saturated rings. The van der Waals surface area contributed by atoms with E-state index in [2.05, 4.69) is 212 Å². The number of phenols is 1. The third-order valence-electron chi connectivity index (χ3n) is 14.3. The monoisotopic (exact) mass is 1110 g/mol. The molecule has 7 aromatic carbocycles. The van der Waals surface area contributed by atoms with Gasteiger partial charge in [-0.3, -0.25) is 9.55 Å². The molecule has 0 spiro atoms. The summed E-state index contributed by atoms with van der Waals surface area (Å²) in [5.74, 6) is -0.457. The fourth-order valence-electron chi connectivity index (χ4n) is 10.1. The molecule has 362 valence electrons. The van der Waals surface area contributed by atoms with Gasteiger partial charge in [0.25, 0.3) is 0 Å². The molecule has 0 bridgehead atoms. The molecular weight excluding hydrogens is 1050 g/mol. The molecular formula is C66H66N3OPt-. The van der Waals surface area contributed by atoms with E-state index in [1.54, 1.807) is 0 Å². The molecule has 0 amide bonds. The number of imidazole rings is 1. The Morgan fingerprint density at radius 2 is 1.14 bits per heavy atom. The van der Waals surface area contributed by atoms with E-state index >= 15 is 0 Å². The average Bonchev–Trinajstić information content (AvgIpc) is 3.76. The maximum absolute atomic E-state index is 12.5. The molecule has 4 nitrogen and oxygen atoms in total. The molecule has 0 unspecified atom stereocenters. The van der Waals surface area contributed by atoms with Gasteiger partial charge >= 0.3 is 0 Å². The van der Waals surface area contributed by atoms with Crippen LogP contribution in [0.4, 0.5) is 0 Å². The Hall–Kier alpha value is -6.35. The number of hydrogen-bond donors (Lipinski definition) is 1. The minimum absolute atomic E-state index is 0. The third kappa shape index (κ3) is 10.1. The Bertz CT molecular complexity index is 3440. The first-order chi connectivity index (χ1) is 34.2. The van der Waals surface area contributed by atoms with E-state index < -0.39 is 11.8 Å². The predicted molar refractivity (Wildman–Crippen MR) is 293 cm³/mol. The van der Waals surface area contributed by atoms with Crippen LogP contribution in [0.1, 0.15) is 130 Å². The van der Waals surface area contributed by atoms with E-state index in [0.717, 1.165) is 83.6 Å². The van der Waals surface area contributed by atoms with Crippen molar-refractivity contribution in [1.29, 1.82) is 0 Å². The van der Waals surface area contributed by atoms with Gasteiger partial charge < -0.3 is 5.11 Å². The number of nitrogens with zero attached hydrogens (tertiary/aromatic N) is 3. The topological polar surface area (TPSA) is 50.9 Å². The van der Waals surface area contributed by atoms with Gasteiger partial charge in [-0.15, -0.1) is 29.8 Å². The second kappa shape index (κ2) is 19.7. The van der Waals surface area contributed by atoms with Gasteiger partial charge in [-0.2, -0.15) is 0 Å². The van der Waals surface area contributed by atoms with Crippen LogP contribution in [0.3, 0.4) is 0 Å². The summed E-state index contributed by atoms with van der Waals surface area (Å²) in [6.45, 7) is 19.9. The number of phenolic OH excluding ortho intramolecular Hbond substituents is 1. The van der Waals surface area contributed by atoms with Crippen LogP contribution in [0, 0.1) is 6.07 Å². The summed E-state index contributed by atoms with van der Waals surface area (Å²) in [7, 11) is 0. The van der Waals surface area contributed by atoms with Crippen LogP contribution in [-0.2, 0) is 37.3 Å². The summed E-state index contributed by atoms with van der Waals surface area (Å²) in [5, 5.41) is 12.5. The molecule has 10 rings (SSSR count). The smallest absolute Gasteiger partial charge is 0.148 e. The van der Waals surface area contributed by atoms with Gasteiger partial charge in [0, 0.05) is 46.8 Å². The van der Waals surface area contributed by atoms with E-state index in [-0.39, 0.29) is 43.1 Å². The number of aromatic hydroxyl groups is 1. The predicted octanol–water partition coefficient (Wildman–Crippen LogP) is 17.6. The number of benzene rings is 7. The molecule has 0 atom stereocenters. The van der Waals surface area contributed by atoms with Crippen LogP contribution in [-0.4, -0.2) is 19.6 Å². The Balaban J connectivity index is 0.00000656. The molecule has 71 heavy (non-hydrogen) atoms. The second-order valence-corrected chi connectivity index (χ2v) is 22.3. The van der Waals surface area contributed by atoms with Gasteiger partial charge in [0.1, 0.15) is 11.6 Å². The van der Waals surface area contributed by atoms with Gasteiger partial charge in [0.15, 0.2) is 0 Å². The molecule has 0 aliphatic heterocycles. The first-order valence-corrected chi connectivity index (χ1v) is 25.0. The normalized spacial score (nSPS) is 17.9. The molecule has 0 radical (unpaired) electrons. The standard InChI is InChI=1S/C66H66N3O.Pt/c1-64(2,3)52-34-35-59(55(40-52)48-20-14-11-15-21-48)69-60-25-17-24-54(61(60)68-63(69)56-41-53(65(4,5)6)42-57(62(56)70)66(7,8)9)50-22-16-23-51(38-50)58-39-49(36-37-67-58)47-32-30-46(31-33-47)45-28-26-44(27-29-45)43-18-12-10-13-19-43;/h10-25,30-37,39-42,44-45,70H,26-29H2,1-9H3;/q-1;/i44D,45D;. The van der Waals surface area contributed by atoms with Crippen LogP contribution < -0.4 is 0 Å². The summed E-state index contributed by atoms with van der Waals surface area (Å²) in [4.78, 5) is 10.5. The molecule has 5 heteroatoms. The van der Waals surface area contributed by atoms with E-state index in [0.29, 0.717) is 37.1 Å². The molecule has 1 aliphatic rings. The second-order valence-electron chi connectivity index (χ2n) is 22.3. The van der Waals surface area contributed by atoms with Gasteiger partial charge in [-0.25, -0.2) is 4.98 Å². The van der Waals surface area contributed by atoms with Crippen molar-refractivity contribution in [3.8, 4) is 67.5 Å². The number of aromatic nitrogens is 3. The van der Waals surface area contributed by atoms with Gasteiger partial charge in [0.05, 0.1) is 22.3 Å². The van der Waals surface area contributed by atoms with Gasteiger partial charge in [-0.05, 0) is 123 Å². The van der Waals surface area contributed by atoms with Crippen LogP contribution in [0.2, 0.25) is 0 Å². The first kappa shape index (κ1) is 47.0. The number of fused-ring (bicyclic) bond motifs is 1. The van der Waals surface area contributed by atoms with Crippen LogP contribution in [0.15, 0.2) is 170 Å². The van der Waals surface area contributed by atoms with Crippen molar-refractivity contribution in [2.24, 2.45) is 0 Å². The van der Waals surface area contributed by atoms with Gasteiger partial charge in [-0.1, -0.05) is 189 Å². The van der Waals surface area contributed by atoms with Crippen LogP contribution in [0.5, 0.6) is 5.75 Å². The molecule has 1 saturated carbocycles. The van der Waals surface area contributed by atoms with Gasteiger partial charge in [0.2, 0.25) is 0 Å². The number of rotatable bonds is 8. The Labute approximate surface area is 439 Å². The first-order valence-electron chi connectivity index (χ1n) is 26.0. The fraction of sp³-hybridized carbons (Fsp3) is 0.273. The number of hydrogen-bond acceptors (Lipinski definition) is 3. The number of pyridine rings is 1. The van der Waals surface area contributed by atoms with Crippen molar-refractivity contribution < 1.29 is 28.9 Å². The molecule has 9 aromatic rings. The van der Waals surface area contributed by atoms with Crippen molar-refractivity contribution >= 4 is 11.0 Å². The van der Waals surface area contributed by atoms with E-state index in [1.807, 2.05) is 30.5 Å². The van der Waals surface area contributed by atoms with E-state index in [1.165, 1.54) is 5.56 Å². The third-order valence-corrected chi connectivity index (χ3v) is 14.3. The maximum atomic E-state index is 12.5. The SMILES string of the molecule is [2H]C1(c2ccccc2)CCC([2H])(c2ccc(-c3ccnc(-c4[c-]c(-c5cccc6c5nc(-c5cc(C(C)(C)C)cc(C(C)(C)C)c5O)n6-c5ccc(C(C)(C)C)cc5-c5ccccc5)ccc4)c3)cc2)CC1.[Pt]. The summed E-state index contributed by atoms with van der Waals surface area (Å²) in [6, 6.07) is 60.7. The summed E-state index contributed by atoms with van der Waals surface area (Å²) in [5.41, 5.74) is 15.8. The Morgan fingerprint density at radius 3 is 1.79 bits per heavy atom. The van der Waals surface area contributed by atoms with E-state index in [4.69, 9.17) is 9.97 Å². The summed E-state index contributed by atoms with van der Waals surface area (Å²) >= 11 is 0. The maximum Gasteiger partial charge on any atom is 0.148 e. The zero-order valence-corrected chi connectivity index (χ0v) is 44.9. The molecule has 1 aliphatic carbocycles. The van der Waals surface area contributed by atoms with Crippen molar-refractivity contribution in [3.63, 3.8) is 0 Å². The quantitative estimate of drug-likeness (QED) is 0.154. The molecule has 0 saturated heterocycles. The fourth-order valence-corrected chi connectivity index (χ4v) is 10.1. The van der Waals surface area contributed by atoms with Crippen molar-refractivity contribution in [3.05, 3.63) is 204 Å². The van der Waals surface area contributed by atoms with Crippen molar-refractivity contribution in [2.75, 3.05) is 0 Å². The van der Waals surface area contributed by atoms with Crippen LogP contribution >= 0.6 is 0 Å². The average molecular weight is 1110 g/mol. The molecule has 2 heterocycles. The van der Waals surface area contributed by atoms with Crippen molar-refractivity contribution in [1.82, 2.24) is 14.5 Å². The summed E-state index contributed by atoms with van der Waals surface area (Å²) < 4.78 is 21.0. The number of para-hydroxylation sites is 1. The largest absolute Gasteiger partial charge is 0.507 e. The summed E-state index contributed by atoms with van der Waals surface area (Å²) in [6.07, 6.45) is 4.48. The Kier molecular flexibility index (Phi) is 13.0. The zero-order valence-electron chi connectivity index (χ0n) is 44.6. The minimum Gasteiger partial charge on any atom is -0.507 e. The van der Waals surface area contributed by atoms with E-state index in [9.17, 15) is 7.85 Å². The molecule has 2 aromatic heterocycles. The Morgan fingerprint density at radius 1 is 0.535 bits per heavy atom.